The third-order valence-electron chi connectivity index (χ3n) is 4.86. The van der Waals surface area contributed by atoms with Crippen LogP contribution in [-0.2, 0) is 16.1 Å². The summed E-state index contributed by atoms with van der Waals surface area (Å²) in [6.07, 6.45) is 0. The molecule has 0 atom stereocenters. The third kappa shape index (κ3) is 7.50. The van der Waals surface area contributed by atoms with Gasteiger partial charge in [-0.25, -0.2) is 0 Å². The first-order chi connectivity index (χ1) is 15.9. The second kappa shape index (κ2) is 11.5. The van der Waals surface area contributed by atoms with Crippen LogP contribution in [0.25, 0.3) is 0 Å². The first-order valence-electron chi connectivity index (χ1n) is 10.8. The second-order valence-electron chi connectivity index (χ2n) is 7.87. The van der Waals surface area contributed by atoms with Gasteiger partial charge in [-0.1, -0.05) is 44.2 Å². The molecule has 7 heteroatoms. The highest BCUT2D eigenvalue weighted by atomic mass is 16.2. The van der Waals surface area contributed by atoms with Crippen molar-refractivity contribution in [3.8, 4) is 0 Å². The van der Waals surface area contributed by atoms with E-state index in [1.165, 1.54) is 0 Å². The zero-order valence-corrected chi connectivity index (χ0v) is 18.7. The van der Waals surface area contributed by atoms with E-state index in [2.05, 4.69) is 21.3 Å². The van der Waals surface area contributed by atoms with Crippen molar-refractivity contribution in [3.63, 3.8) is 0 Å². The van der Waals surface area contributed by atoms with Gasteiger partial charge in [0.05, 0.1) is 6.54 Å². The fraction of sp³-hybridized carbons (Fsp3) is 0.192. The van der Waals surface area contributed by atoms with Crippen LogP contribution >= 0.6 is 0 Å². The van der Waals surface area contributed by atoms with Crippen molar-refractivity contribution in [3.05, 3.63) is 90.0 Å². The maximum atomic E-state index is 12.3. The molecule has 0 radical (unpaired) electrons. The van der Waals surface area contributed by atoms with Gasteiger partial charge < -0.3 is 21.3 Å². The summed E-state index contributed by atoms with van der Waals surface area (Å²) in [4.78, 5) is 36.3. The molecule has 170 valence electrons. The number of carbonyl (C=O) groups excluding carboxylic acids is 3. The molecule has 3 rings (SSSR count). The molecular formula is C26H28N4O3. The summed E-state index contributed by atoms with van der Waals surface area (Å²) in [6, 6.07) is 23.6. The van der Waals surface area contributed by atoms with E-state index in [1.807, 2.05) is 44.2 Å². The first kappa shape index (κ1) is 23.5. The Bertz CT molecular complexity index is 1080. The maximum absolute atomic E-state index is 12.3. The monoisotopic (exact) mass is 444 g/mol. The Morgan fingerprint density at radius 1 is 0.727 bits per heavy atom. The van der Waals surface area contributed by atoms with Crippen LogP contribution in [0, 0.1) is 5.92 Å². The topological polar surface area (TPSA) is 99.3 Å². The number of nitrogens with one attached hydrogen (secondary N) is 4. The van der Waals surface area contributed by atoms with Gasteiger partial charge in [-0.05, 0) is 54.1 Å². The van der Waals surface area contributed by atoms with Gasteiger partial charge in [-0.2, -0.15) is 0 Å². The molecule has 0 aromatic heterocycles. The summed E-state index contributed by atoms with van der Waals surface area (Å²) < 4.78 is 0. The third-order valence-corrected chi connectivity index (χ3v) is 4.86. The van der Waals surface area contributed by atoms with Gasteiger partial charge in [0, 0.05) is 35.1 Å². The Morgan fingerprint density at radius 2 is 1.30 bits per heavy atom. The van der Waals surface area contributed by atoms with Gasteiger partial charge in [0.25, 0.3) is 5.91 Å². The minimum absolute atomic E-state index is 0.0465. The number of amides is 3. The molecule has 0 saturated heterocycles. The van der Waals surface area contributed by atoms with Crippen LogP contribution in [0.5, 0.6) is 0 Å². The molecule has 0 bridgehead atoms. The molecule has 4 N–H and O–H groups in total. The molecule has 0 unspecified atom stereocenters. The smallest absolute Gasteiger partial charge is 0.251 e. The summed E-state index contributed by atoms with van der Waals surface area (Å²) in [5.74, 6) is -0.529. The van der Waals surface area contributed by atoms with Crippen molar-refractivity contribution in [1.82, 2.24) is 5.32 Å². The number of hydrogen-bond donors (Lipinski definition) is 4. The van der Waals surface area contributed by atoms with Gasteiger partial charge in [0.1, 0.15) is 0 Å². The average Bonchev–Trinajstić information content (AvgIpc) is 2.83. The van der Waals surface area contributed by atoms with E-state index in [0.29, 0.717) is 23.5 Å². The Kier molecular flexibility index (Phi) is 8.18. The molecular weight excluding hydrogens is 416 g/mol. The lowest BCUT2D eigenvalue weighted by Crippen LogP contribution is -2.23. The molecule has 0 heterocycles. The molecule has 0 aliphatic carbocycles. The molecule has 0 fully saturated rings. The largest absolute Gasteiger partial charge is 0.376 e. The molecule has 3 amide bonds. The molecule has 0 saturated carbocycles. The summed E-state index contributed by atoms with van der Waals surface area (Å²) >= 11 is 0. The van der Waals surface area contributed by atoms with E-state index in [9.17, 15) is 14.4 Å². The van der Waals surface area contributed by atoms with Crippen LogP contribution in [0.1, 0.15) is 29.8 Å². The highest BCUT2D eigenvalue weighted by Crippen LogP contribution is 2.15. The maximum Gasteiger partial charge on any atom is 0.251 e. The number of anilines is 3. The van der Waals surface area contributed by atoms with Gasteiger partial charge in [-0.15, -0.1) is 0 Å². The van der Waals surface area contributed by atoms with Crippen LogP contribution in [-0.4, -0.2) is 24.3 Å². The van der Waals surface area contributed by atoms with Gasteiger partial charge >= 0.3 is 0 Å². The Hall–Kier alpha value is -4.13. The number of hydrogen-bond acceptors (Lipinski definition) is 4. The quantitative estimate of drug-likeness (QED) is 0.396. The van der Waals surface area contributed by atoms with Crippen LogP contribution in [0.3, 0.4) is 0 Å². The minimum Gasteiger partial charge on any atom is -0.376 e. The Morgan fingerprint density at radius 3 is 1.94 bits per heavy atom. The Balaban J connectivity index is 1.43. The van der Waals surface area contributed by atoms with Crippen molar-refractivity contribution in [2.45, 2.75) is 20.4 Å². The average molecular weight is 445 g/mol. The number of benzene rings is 3. The SMILES string of the molecule is CC(C)C(=O)Nc1ccc(NCC(=O)Nc2ccc(C(=O)NCc3ccccc3)cc2)cc1. The van der Waals surface area contributed by atoms with E-state index in [4.69, 9.17) is 0 Å². The predicted octanol–water partition coefficient (Wildman–Crippen LogP) is 4.26. The summed E-state index contributed by atoms with van der Waals surface area (Å²) in [7, 11) is 0. The molecule has 3 aromatic rings. The molecule has 3 aromatic carbocycles. The summed E-state index contributed by atoms with van der Waals surface area (Å²) in [6.45, 7) is 4.20. The van der Waals surface area contributed by atoms with Crippen molar-refractivity contribution in [2.75, 3.05) is 22.5 Å². The molecule has 0 aliphatic heterocycles. The van der Waals surface area contributed by atoms with E-state index in [0.717, 1.165) is 11.3 Å². The van der Waals surface area contributed by atoms with E-state index < -0.39 is 0 Å². The number of carbonyl (C=O) groups is 3. The van der Waals surface area contributed by atoms with E-state index >= 15 is 0 Å². The van der Waals surface area contributed by atoms with Crippen molar-refractivity contribution in [1.29, 1.82) is 0 Å². The molecule has 7 nitrogen and oxygen atoms in total. The normalized spacial score (nSPS) is 10.4. The number of rotatable bonds is 9. The minimum atomic E-state index is -0.214. The lowest BCUT2D eigenvalue weighted by atomic mass is 10.1. The lowest BCUT2D eigenvalue weighted by molar-refractivity contribution is -0.119. The van der Waals surface area contributed by atoms with Gasteiger partial charge in [-0.3, -0.25) is 14.4 Å². The van der Waals surface area contributed by atoms with Crippen molar-refractivity contribution in [2.24, 2.45) is 5.92 Å². The van der Waals surface area contributed by atoms with E-state index in [-0.39, 0.29) is 30.2 Å². The predicted molar refractivity (Wildman–Crippen MR) is 131 cm³/mol. The zero-order chi connectivity index (χ0) is 23.6. The lowest BCUT2D eigenvalue weighted by Gasteiger charge is -2.11. The van der Waals surface area contributed by atoms with Crippen LogP contribution in [0.15, 0.2) is 78.9 Å². The van der Waals surface area contributed by atoms with E-state index in [1.54, 1.807) is 48.5 Å². The standard InChI is InChI=1S/C26H28N4O3/c1-18(2)25(32)30-23-14-12-21(13-15-23)27-17-24(31)29-22-10-8-20(9-11-22)26(33)28-16-19-6-4-3-5-7-19/h3-15,18,27H,16-17H2,1-2H3,(H,28,33)(H,29,31)(H,30,32). The van der Waals surface area contributed by atoms with Crippen molar-refractivity contribution >= 4 is 34.8 Å². The van der Waals surface area contributed by atoms with Crippen LogP contribution in [0.2, 0.25) is 0 Å². The molecule has 33 heavy (non-hydrogen) atoms. The Labute approximate surface area is 193 Å². The fourth-order valence-corrected chi connectivity index (χ4v) is 2.93. The van der Waals surface area contributed by atoms with Gasteiger partial charge in [0.15, 0.2) is 0 Å². The zero-order valence-electron chi connectivity index (χ0n) is 18.7. The van der Waals surface area contributed by atoms with Crippen LogP contribution in [0.4, 0.5) is 17.1 Å². The summed E-state index contributed by atoms with van der Waals surface area (Å²) in [5.41, 5.74) is 3.62. The molecule has 0 spiro atoms. The van der Waals surface area contributed by atoms with Crippen LogP contribution < -0.4 is 21.3 Å². The second-order valence-corrected chi connectivity index (χ2v) is 7.87. The first-order valence-corrected chi connectivity index (χ1v) is 10.8. The van der Waals surface area contributed by atoms with Gasteiger partial charge in [0.2, 0.25) is 11.8 Å². The fourth-order valence-electron chi connectivity index (χ4n) is 2.93. The van der Waals surface area contributed by atoms with Crippen molar-refractivity contribution < 1.29 is 14.4 Å². The summed E-state index contributed by atoms with van der Waals surface area (Å²) in [5, 5.41) is 11.5. The highest BCUT2D eigenvalue weighted by molar-refractivity contribution is 5.96. The highest BCUT2D eigenvalue weighted by Gasteiger charge is 2.08. The molecule has 0 aliphatic rings.